The van der Waals surface area contributed by atoms with Gasteiger partial charge >= 0.3 is 0 Å². The lowest BCUT2D eigenvalue weighted by molar-refractivity contribution is 0.558. The first-order chi connectivity index (χ1) is 9.58. The van der Waals surface area contributed by atoms with Crippen LogP contribution in [0.25, 0.3) is 0 Å². The first kappa shape index (κ1) is 13.4. The summed E-state index contributed by atoms with van der Waals surface area (Å²) >= 11 is 6.06. The number of nitrogens with zero attached hydrogens (tertiary/aromatic N) is 3. The minimum absolute atomic E-state index is 0.490. The summed E-state index contributed by atoms with van der Waals surface area (Å²) in [5.41, 5.74) is 4.73. The van der Waals surface area contributed by atoms with Crippen LogP contribution in [0.5, 0.6) is 0 Å². The number of hydrogen-bond acceptors (Lipinski definition) is 3. The standard InChI is InChI=1S/C16H18ClN3/c1-10-8-13-6-4-5-7-14(13)20(9-10)16-12(3)11(2)15(17)18-19-16/h4-7,10H,8-9H2,1-3H3. The van der Waals surface area contributed by atoms with E-state index in [-0.39, 0.29) is 0 Å². The summed E-state index contributed by atoms with van der Waals surface area (Å²) in [6.45, 7) is 7.30. The molecule has 0 bridgehead atoms. The predicted molar refractivity (Wildman–Crippen MR) is 82.8 cm³/mol. The molecule has 1 aromatic carbocycles. The molecule has 0 aliphatic carbocycles. The highest BCUT2D eigenvalue weighted by Crippen LogP contribution is 2.36. The van der Waals surface area contributed by atoms with Gasteiger partial charge in [-0.15, -0.1) is 10.2 Å². The maximum absolute atomic E-state index is 6.06. The van der Waals surface area contributed by atoms with E-state index in [0.717, 1.165) is 29.9 Å². The molecule has 3 nitrogen and oxygen atoms in total. The average molecular weight is 288 g/mol. The minimum Gasteiger partial charge on any atom is -0.324 e. The summed E-state index contributed by atoms with van der Waals surface area (Å²) in [6, 6.07) is 8.53. The van der Waals surface area contributed by atoms with Gasteiger partial charge in [-0.25, -0.2) is 0 Å². The molecule has 4 heteroatoms. The van der Waals surface area contributed by atoms with Crippen molar-refractivity contribution < 1.29 is 0 Å². The monoisotopic (exact) mass is 287 g/mol. The molecule has 1 unspecified atom stereocenters. The lowest BCUT2D eigenvalue weighted by Gasteiger charge is -2.34. The van der Waals surface area contributed by atoms with E-state index in [1.807, 2.05) is 6.92 Å². The molecule has 1 aliphatic heterocycles. The van der Waals surface area contributed by atoms with Gasteiger partial charge in [-0.05, 0) is 48.9 Å². The molecule has 0 N–H and O–H groups in total. The number of fused-ring (bicyclic) bond motifs is 1. The summed E-state index contributed by atoms with van der Waals surface area (Å²) < 4.78 is 0. The maximum atomic E-state index is 6.06. The fourth-order valence-corrected chi connectivity index (χ4v) is 3.00. The summed E-state index contributed by atoms with van der Waals surface area (Å²) in [4.78, 5) is 2.27. The molecule has 20 heavy (non-hydrogen) atoms. The molecule has 0 saturated carbocycles. The van der Waals surface area contributed by atoms with Gasteiger partial charge in [-0.3, -0.25) is 0 Å². The lowest BCUT2D eigenvalue weighted by Crippen LogP contribution is -2.31. The number of aromatic nitrogens is 2. The van der Waals surface area contributed by atoms with Crippen molar-refractivity contribution in [2.45, 2.75) is 27.2 Å². The van der Waals surface area contributed by atoms with E-state index < -0.39 is 0 Å². The Bertz CT molecular complexity index is 654. The van der Waals surface area contributed by atoms with Crippen LogP contribution in [-0.4, -0.2) is 16.7 Å². The smallest absolute Gasteiger partial charge is 0.159 e. The maximum Gasteiger partial charge on any atom is 0.159 e. The zero-order valence-electron chi connectivity index (χ0n) is 12.0. The van der Waals surface area contributed by atoms with Crippen molar-refractivity contribution in [3.05, 3.63) is 46.1 Å². The van der Waals surface area contributed by atoms with Crippen molar-refractivity contribution in [3.8, 4) is 0 Å². The molecular formula is C16H18ClN3. The summed E-state index contributed by atoms with van der Waals surface area (Å²) in [7, 11) is 0. The van der Waals surface area contributed by atoms with Crippen LogP contribution in [0.1, 0.15) is 23.6 Å². The zero-order valence-corrected chi connectivity index (χ0v) is 12.8. The van der Waals surface area contributed by atoms with Gasteiger partial charge < -0.3 is 4.90 Å². The Morgan fingerprint density at radius 1 is 1.15 bits per heavy atom. The quantitative estimate of drug-likeness (QED) is 0.791. The molecule has 0 fully saturated rings. The van der Waals surface area contributed by atoms with Crippen molar-refractivity contribution in [3.63, 3.8) is 0 Å². The van der Waals surface area contributed by atoms with Crippen LogP contribution in [-0.2, 0) is 6.42 Å². The van der Waals surface area contributed by atoms with Gasteiger partial charge in [-0.2, -0.15) is 0 Å². The highest BCUT2D eigenvalue weighted by atomic mass is 35.5. The Morgan fingerprint density at radius 3 is 2.70 bits per heavy atom. The van der Waals surface area contributed by atoms with Gasteiger partial charge in [0.2, 0.25) is 0 Å². The van der Waals surface area contributed by atoms with Crippen LogP contribution in [0.15, 0.2) is 24.3 Å². The third-order valence-electron chi connectivity index (χ3n) is 4.04. The first-order valence-electron chi connectivity index (χ1n) is 6.92. The van der Waals surface area contributed by atoms with E-state index in [1.165, 1.54) is 11.3 Å². The molecule has 1 aliphatic rings. The van der Waals surface area contributed by atoms with Crippen molar-refractivity contribution in [2.75, 3.05) is 11.4 Å². The molecular weight excluding hydrogens is 270 g/mol. The summed E-state index contributed by atoms with van der Waals surface area (Å²) in [5.74, 6) is 1.52. The molecule has 3 rings (SSSR count). The molecule has 1 aromatic heterocycles. The predicted octanol–water partition coefficient (Wildman–Crippen LogP) is 4.08. The molecule has 2 heterocycles. The van der Waals surface area contributed by atoms with E-state index in [4.69, 9.17) is 11.6 Å². The van der Waals surface area contributed by atoms with Crippen LogP contribution in [0, 0.1) is 19.8 Å². The lowest BCUT2D eigenvalue weighted by atomic mass is 9.93. The van der Waals surface area contributed by atoms with Crippen molar-refractivity contribution in [2.24, 2.45) is 5.92 Å². The normalized spacial score (nSPS) is 18.0. The van der Waals surface area contributed by atoms with Crippen LogP contribution in [0.2, 0.25) is 5.15 Å². The average Bonchev–Trinajstić information content (AvgIpc) is 2.44. The zero-order chi connectivity index (χ0) is 14.3. The topological polar surface area (TPSA) is 29.0 Å². The second kappa shape index (κ2) is 5.06. The van der Waals surface area contributed by atoms with Crippen molar-refractivity contribution in [1.82, 2.24) is 10.2 Å². The molecule has 0 radical (unpaired) electrons. The Labute approximate surface area is 124 Å². The fourth-order valence-electron chi connectivity index (χ4n) is 2.82. The Balaban J connectivity index is 2.13. The Morgan fingerprint density at radius 2 is 1.90 bits per heavy atom. The van der Waals surface area contributed by atoms with Crippen molar-refractivity contribution >= 4 is 23.1 Å². The van der Waals surface area contributed by atoms with E-state index >= 15 is 0 Å². The van der Waals surface area contributed by atoms with E-state index in [2.05, 4.69) is 53.2 Å². The number of rotatable bonds is 1. The SMILES string of the molecule is Cc1c(Cl)nnc(N2CC(C)Cc3ccccc32)c1C. The number of para-hydroxylation sites is 1. The van der Waals surface area contributed by atoms with E-state index in [0.29, 0.717) is 11.1 Å². The number of halogens is 1. The Hall–Kier alpha value is -1.61. The highest BCUT2D eigenvalue weighted by Gasteiger charge is 2.25. The van der Waals surface area contributed by atoms with Gasteiger partial charge in [0.1, 0.15) is 0 Å². The number of benzene rings is 1. The summed E-state index contributed by atoms with van der Waals surface area (Å²) in [5, 5.41) is 8.92. The van der Waals surface area contributed by atoms with Crippen LogP contribution in [0.3, 0.4) is 0 Å². The number of anilines is 2. The molecule has 2 aromatic rings. The molecule has 0 spiro atoms. The molecule has 1 atom stereocenters. The van der Waals surface area contributed by atoms with Gasteiger partial charge in [0.05, 0.1) is 0 Å². The van der Waals surface area contributed by atoms with Crippen molar-refractivity contribution in [1.29, 1.82) is 0 Å². The molecule has 0 saturated heterocycles. The third-order valence-corrected chi connectivity index (χ3v) is 4.40. The minimum atomic E-state index is 0.490. The van der Waals surface area contributed by atoms with Crippen LogP contribution in [0.4, 0.5) is 11.5 Å². The van der Waals surface area contributed by atoms with Crippen LogP contribution < -0.4 is 4.90 Å². The third kappa shape index (κ3) is 2.16. The highest BCUT2D eigenvalue weighted by molar-refractivity contribution is 6.30. The molecule has 0 amide bonds. The molecule has 104 valence electrons. The second-order valence-corrected chi connectivity index (χ2v) is 5.97. The number of hydrogen-bond donors (Lipinski definition) is 0. The van der Waals surface area contributed by atoms with E-state index in [1.54, 1.807) is 0 Å². The second-order valence-electron chi connectivity index (χ2n) is 5.61. The fraction of sp³-hybridized carbons (Fsp3) is 0.375. The van der Waals surface area contributed by atoms with Crippen LogP contribution >= 0.6 is 11.6 Å². The van der Waals surface area contributed by atoms with Gasteiger partial charge in [0.15, 0.2) is 11.0 Å². The Kier molecular flexibility index (Phi) is 3.38. The largest absolute Gasteiger partial charge is 0.324 e. The first-order valence-corrected chi connectivity index (χ1v) is 7.30. The van der Waals surface area contributed by atoms with Gasteiger partial charge in [0, 0.05) is 12.2 Å². The van der Waals surface area contributed by atoms with Gasteiger partial charge in [0.25, 0.3) is 0 Å². The van der Waals surface area contributed by atoms with E-state index in [9.17, 15) is 0 Å². The summed E-state index contributed by atoms with van der Waals surface area (Å²) in [6.07, 6.45) is 1.12. The van der Waals surface area contributed by atoms with Gasteiger partial charge in [-0.1, -0.05) is 36.7 Å².